The lowest BCUT2D eigenvalue weighted by atomic mass is 10.2. The Hall–Kier alpha value is -0.920. The van der Waals surface area contributed by atoms with Crippen molar-refractivity contribution in [3.8, 4) is 0 Å². The summed E-state index contributed by atoms with van der Waals surface area (Å²) < 4.78 is 38.6. The van der Waals surface area contributed by atoms with E-state index < -0.39 is 15.7 Å². The van der Waals surface area contributed by atoms with Crippen LogP contribution in [0.4, 0.5) is 10.1 Å². The maximum absolute atomic E-state index is 13.0. The Bertz CT molecular complexity index is 763. The minimum Gasteiger partial charge on any atom is -0.399 e. The van der Waals surface area contributed by atoms with E-state index in [2.05, 4.69) is 31.9 Å². The lowest BCUT2D eigenvalue weighted by Crippen LogP contribution is -2.07. The average Bonchev–Trinajstić information content (AvgIpc) is 2.32. The van der Waals surface area contributed by atoms with Gasteiger partial charge in [-0.3, -0.25) is 0 Å². The third-order valence-corrected chi connectivity index (χ3v) is 6.03. The first-order valence-electron chi connectivity index (χ1n) is 5.51. The van der Waals surface area contributed by atoms with E-state index in [4.69, 9.17) is 5.73 Å². The Labute approximate surface area is 133 Å². The molecule has 0 aliphatic carbocycles. The molecular weight excluding hydrogens is 413 g/mol. The van der Waals surface area contributed by atoms with Crippen molar-refractivity contribution >= 4 is 47.4 Å². The van der Waals surface area contributed by atoms with Gasteiger partial charge in [0, 0.05) is 14.6 Å². The maximum Gasteiger partial charge on any atom is 0.183 e. The lowest BCUT2D eigenvalue weighted by Gasteiger charge is -2.09. The van der Waals surface area contributed by atoms with Crippen LogP contribution in [-0.2, 0) is 15.6 Å². The summed E-state index contributed by atoms with van der Waals surface area (Å²) in [6.07, 6.45) is 0. The standard InChI is InChI=1S/C13H10Br2FNO2S/c14-11-5-9(16)2-1-8(11)7-20(18,19)13-4-3-10(17)6-12(13)15/h1-6H,7,17H2. The molecular formula is C13H10Br2FNO2S. The van der Waals surface area contributed by atoms with Crippen molar-refractivity contribution in [1.29, 1.82) is 0 Å². The molecule has 0 fully saturated rings. The molecule has 0 aliphatic heterocycles. The van der Waals surface area contributed by atoms with Gasteiger partial charge in [-0.1, -0.05) is 22.0 Å². The first-order valence-corrected chi connectivity index (χ1v) is 8.75. The molecule has 0 bridgehead atoms. The molecule has 0 saturated heterocycles. The Balaban J connectivity index is 2.41. The summed E-state index contributed by atoms with van der Waals surface area (Å²) in [6, 6.07) is 8.43. The smallest absolute Gasteiger partial charge is 0.183 e. The van der Waals surface area contributed by atoms with Gasteiger partial charge in [-0.15, -0.1) is 0 Å². The highest BCUT2D eigenvalue weighted by Crippen LogP contribution is 2.29. The molecule has 20 heavy (non-hydrogen) atoms. The largest absolute Gasteiger partial charge is 0.399 e. The van der Waals surface area contributed by atoms with Crippen LogP contribution in [0.5, 0.6) is 0 Å². The normalized spacial score (nSPS) is 11.6. The van der Waals surface area contributed by atoms with Crippen LogP contribution >= 0.6 is 31.9 Å². The van der Waals surface area contributed by atoms with Crippen LogP contribution in [0.2, 0.25) is 0 Å². The van der Waals surface area contributed by atoms with E-state index in [1.165, 1.54) is 36.4 Å². The molecule has 0 aliphatic rings. The van der Waals surface area contributed by atoms with Gasteiger partial charge >= 0.3 is 0 Å². The van der Waals surface area contributed by atoms with Gasteiger partial charge in [-0.25, -0.2) is 12.8 Å². The second kappa shape index (κ2) is 5.83. The van der Waals surface area contributed by atoms with E-state index in [1.54, 1.807) is 0 Å². The van der Waals surface area contributed by atoms with E-state index in [9.17, 15) is 12.8 Å². The Morgan fingerprint density at radius 1 is 1.05 bits per heavy atom. The van der Waals surface area contributed by atoms with Crippen LogP contribution in [0.1, 0.15) is 5.56 Å². The van der Waals surface area contributed by atoms with Gasteiger partial charge in [0.1, 0.15) is 5.82 Å². The SMILES string of the molecule is Nc1ccc(S(=O)(=O)Cc2ccc(F)cc2Br)c(Br)c1. The van der Waals surface area contributed by atoms with Crippen molar-refractivity contribution < 1.29 is 12.8 Å². The predicted molar refractivity (Wildman–Crippen MR) is 83.5 cm³/mol. The fraction of sp³-hybridized carbons (Fsp3) is 0.0769. The first-order chi connectivity index (χ1) is 9.29. The number of halogens is 3. The van der Waals surface area contributed by atoms with Gasteiger partial charge in [0.05, 0.1) is 10.6 Å². The summed E-state index contributed by atoms with van der Waals surface area (Å²) in [7, 11) is -3.55. The number of nitrogen functional groups attached to an aromatic ring is 1. The molecule has 2 N–H and O–H groups in total. The minimum atomic E-state index is -3.55. The third-order valence-electron chi connectivity index (χ3n) is 2.65. The highest BCUT2D eigenvalue weighted by Gasteiger charge is 2.20. The Morgan fingerprint density at radius 2 is 1.75 bits per heavy atom. The predicted octanol–water partition coefficient (Wildman–Crippen LogP) is 3.91. The quantitative estimate of drug-likeness (QED) is 0.763. The van der Waals surface area contributed by atoms with Crippen LogP contribution in [-0.4, -0.2) is 8.42 Å². The number of nitrogens with two attached hydrogens (primary N) is 1. The van der Waals surface area contributed by atoms with Crippen LogP contribution in [0, 0.1) is 5.82 Å². The van der Waals surface area contributed by atoms with Gasteiger partial charge in [-0.2, -0.15) is 0 Å². The van der Waals surface area contributed by atoms with Gasteiger partial charge < -0.3 is 5.73 Å². The zero-order valence-electron chi connectivity index (χ0n) is 10.1. The van der Waals surface area contributed by atoms with E-state index in [-0.39, 0.29) is 10.6 Å². The number of anilines is 1. The minimum absolute atomic E-state index is 0.155. The molecule has 0 aromatic heterocycles. The van der Waals surface area contributed by atoms with E-state index >= 15 is 0 Å². The average molecular weight is 423 g/mol. The van der Waals surface area contributed by atoms with Crippen LogP contribution < -0.4 is 5.73 Å². The van der Waals surface area contributed by atoms with Crippen molar-refractivity contribution in [2.45, 2.75) is 10.6 Å². The fourth-order valence-electron chi connectivity index (χ4n) is 1.69. The van der Waals surface area contributed by atoms with Crippen molar-refractivity contribution in [3.63, 3.8) is 0 Å². The first kappa shape index (κ1) is 15.5. The van der Waals surface area contributed by atoms with Crippen molar-refractivity contribution in [1.82, 2.24) is 0 Å². The van der Waals surface area contributed by atoms with Crippen LogP contribution in [0.25, 0.3) is 0 Å². The molecule has 0 atom stereocenters. The highest BCUT2D eigenvalue weighted by molar-refractivity contribution is 9.10. The molecule has 7 heteroatoms. The van der Waals surface area contributed by atoms with Crippen molar-refractivity contribution in [2.75, 3.05) is 5.73 Å². The molecule has 0 amide bonds. The molecule has 3 nitrogen and oxygen atoms in total. The summed E-state index contributed by atoms with van der Waals surface area (Å²) >= 11 is 6.36. The van der Waals surface area contributed by atoms with Gasteiger partial charge in [0.2, 0.25) is 0 Å². The number of rotatable bonds is 3. The van der Waals surface area contributed by atoms with Crippen LogP contribution in [0.3, 0.4) is 0 Å². The van der Waals surface area contributed by atoms with E-state index in [1.807, 2.05) is 0 Å². The van der Waals surface area contributed by atoms with Crippen molar-refractivity contribution in [2.24, 2.45) is 0 Å². The lowest BCUT2D eigenvalue weighted by molar-refractivity contribution is 0.594. The summed E-state index contributed by atoms with van der Waals surface area (Å²) in [4.78, 5) is 0.155. The number of sulfone groups is 1. The summed E-state index contributed by atoms with van der Waals surface area (Å²) in [5.74, 6) is -0.650. The molecule has 2 aromatic carbocycles. The zero-order valence-corrected chi connectivity index (χ0v) is 14.1. The highest BCUT2D eigenvalue weighted by atomic mass is 79.9. The van der Waals surface area contributed by atoms with Crippen molar-refractivity contribution in [3.05, 3.63) is 56.7 Å². The molecule has 0 spiro atoms. The second-order valence-electron chi connectivity index (χ2n) is 4.18. The van der Waals surface area contributed by atoms with E-state index in [0.717, 1.165) is 0 Å². The number of hydrogen-bond donors (Lipinski definition) is 1. The second-order valence-corrected chi connectivity index (χ2v) is 7.85. The number of benzene rings is 2. The van der Waals surface area contributed by atoms with Crippen LogP contribution in [0.15, 0.2) is 50.2 Å². The Morgan fingerprint density at radius 3 is 2.35 bits per heavy atom. The molecule has 0 heterocycles. The molecule has 2 aromatic rings. The van der Waals surface area contributed by atoms with Gasteiger partial charge in [-0.05, 0) is 51.8 Å². The summed E-state index contributed by atoms with van der Waals surface area (Å²) in [5.41, 5.74) is 6.56. The van der Waals surface area contributed by atoms with Gasteiger partial charge in [0.15, 0.2) is 9.84 Å². The monoisotopic (exact) mass is 421 g/mol. The topological polar surface area (TPSA) is 60.2 Å². The molecule has 0 unspecified atom stereocenters. The summed E-state index contributed by atoms with van der Waals surface area (Å²) in [5, 5.41) is 0. The Kier molecular flexibility index (Phi) is 4.51. The fourth-order valence-corrected chi connectivity index (χ4v) is 4.95. The third kappa shape index (κ3) is 3.39. The molecule has 106 valence electrons. The summed E-state index contributed by atoms with van der Waals surface area (Å²) in [6.45, 7) is 0. The molecule has 0 saturated carbocycles. The number of hydrogen-bond acceptors (Lipinski definition) is 3. The molecule has 2 rings (SSSR count). The zero-order chi connectivity index (χ0) is 14.9. The maximum atomic E-state index is 13.0. The molecule has 0 radical (unpaired) electrons. The van der Waals surface area contributed by atoms with E-state index in [0.29, 0.717) is 20.2 Å². The van der Waals surface area contributed by atoms with Gasteiger partial charge in [0.25, 0.3) is 0 Å².